The highest BCUT2D eigenvalue weighted by Gasteiger charge is 2.16. The van der Waals surface area contributed by atoms with E-state index >= 15 is 0 Å². The van der Waals surface area contributed by atoms with Crippen LogP contribution in [0.3, 0.4) is 0 Å². The second-order valence-corrected chi connectivity index (χ2v) is 6.57. The highest BCUT2D eigenvalue weighted by molar-refractivity contribution is 6.32. The van der Waals surface area contributed by atoms with Gasteiger partial charge in [-0.05, 0) is 42.3 Å². The highest BCUT2D eigenvalue weighted by Crippen LogP contribution is 2.33. The van der Waals surface area contributed by atoms with Gasteiger partial charge in [-0.15, -0.1) is 0 Å². The summed E-state index contributed by atoms with van der Waals surface area (Å²) in [5.74, 6) is 0.613. The van der Waals surface area contributed by atoms with Gasteiger partial charge >= 0.3 is 0 Å². The molecule has 2 aromatic carbocycles. The van der Waals surface area contributed by atoms with E-state index in [1.165, 1.54) is 0 Å². The molecule has 0 saturated heterocycles. The van der Waals surface area contributed by atoms with Gasteiger partial charge in [-0.1, -0.05) is 17.7 Å². The van der Waals surface area contributed by atoms with Crippen molar-refractivity contribution >= 4 is 34.8 Å². The lowest BCUT2D eigenvalue weighted by Crippen LogP contribution is -2.21. The number of amides is 2. The van der Waals surface area contributed by atoms with Crippen LogP contribution >= 0.6 is 11.6 Å². The second-order valence-electron chi connectivity index (χ2n) is 6.16. The largest absolute Gasteiger partial charge is 0.487 e. The van der Waals surface area contributed by atoms with Gasteiger partial charge in [0.2, 0.25) is 5.91 Å². The van der Waals surface area contributed by atoms with Crippen LogP contribution in [0.2, 0.25) is 5.02 Å². The van der Waals surface area contributed by atoms with Crippen LogP contribution in [0, 0.1) is 0 Å². The summed E-state index contributed by atoms with van der Waals surface area (Å²) < 4.78 is 16.1. The molecular weight excluding hydrogens is 384 g/mol. The number of carbonyl (C=O) groups is 2. The van der Waals surface area contributed by atoms with E-state index in [-0.39, 0.29) is 18.4 Å². The third kappa shape index (κ3) is 5.15. The maximum Gasteiger partial charge on any atom is 0.262 e. The standard InChI is InChI=1S/C20H21ClN2O5/c1-26-9-10-27-20-15(21)3-2-4-17(20)23-19(25)12-28-14-6-7-16-13(11-14)5-8-18(24)22-16/h2-4,6-7,11H,5,8-10,12H2,1H3,(H,22,24)(H,23,25). The molecule has 28 heavy (non-hydrogen) atoms. The molecule has 0 fully saturated rings. The number of ether oxygens (including phenoxy) is 3. The summed E-state index contributed by atoms with van der Waals surface area (Å²) in [7, 11) is 1.57. The van der Waals surface area contributed by atoms with Gasteiger partial charge in [-0.2, -0.15) is 0 Å². The van der Waals surface area contributed by atoms with Crippen LogP contribution < -0.4 is 20.1 Å². The summed E-state index contributed by atoms with van der Waals surface area (Å²) in [5, 5.41) is 5.95. The zero-order chi connectivity index (χ0) is 19.9. The summed E-state index contributed by atoms with van der Waals surface area (Å²) in [4.78, 5) is 23.7. The predicted octanol–water partition coefficient (Wildman–Crippen LogP) is 3.27. The summed E-state index contributed by atoms with van der Waals surface area (Å²) in [6.07, 6.45) is 1.09. The summed E-state index contributed by atoms with van der Waals surface area (Å²) in [6.45, 7) is 0.543. The van der Waals surface area contributed by atoms with Crippen molar-refractivity contribution in [2.24, 2.45) is 0 Å². The van der Waals surface area contributed by atoms with E-state index in [1.807, 2.05) is 6.07 Å². The van der Waals surface area contributed by atoms with Crippen LogP contribution in [0.25, 0.3) is 0 Å². The zero-order valence-electron chi connectivity index (χ0n) is 15.4. The van der Waals surface area contributed by atoms with Crippen LogP contribution in [0.4, 0.5) is 11.4 Å². The Labute approximate surface area is 167 Å². The molecule has 0 spiro atoms. The Morgan fingerprint density at radius 2 is 2.04 bits per heavy atom. The number of nitrogens with one attached hydrogen (secondary N) is 2. The van der Waals surface area contributed by atoms with Crippen molar-refractivity contribution in [3.05, 3.63) is 47.0 Å². The van der Waals surface area contributed by atoms with E-state index in [0.717, 1.165) is 11.3 Å². The summed E-state index contributed by atoms with van der Waals surface area (Å²) in [6, 6.07) is 10.4. The quantitative estimate of drug-likeness (QED) is 0.659. The molecule has 2 N–H and O–H groups in total. The molecule has 0 radical (unpaired) electrons. The van der Waals surface area contributed by atoms with E-state index in [9.17, 15) is 9.59 Å². The fraction of sp³-hybridized carbons (Fsp3) is 0.300. The number of benzene rings is 2. The van der Waals surface area contributed by atoms with Crippen molar-refractivity contribution in [3.8, 4) is 11.5 Å². The first-order valence-electron chi connectivity index (χ1n) is 8.82. The molecule has 148 valence electrons. The SMILES string of the molecule is COCCOc1c(Cl)cccc1NC(=O)COc1ccc2c(c1)CCC(=O)N2. The van der Waals surface area contributed by atoms with E-state index in [4.69, 9.17) is 25.8 Å². The Morgan fingerprint density at radius 3 is 2.86 bits per heavy atom. The van der Waals surface area contributed by atoms with Crippen molar-refractivity contribution in [1.82, 2.24) is 0 Å². The van der Waals surface area contributed by atoms with Gasteiger partial charge in [0.05, 0.1) is 17.3 Å². The maximum atomic E-state index is 12.3. The Bertz CT molecular complexity index is 872. The van der Waals surface area contributed by atoms with Gasteiger partial charge in [-0.25, -0.2) is 0 Å². The topological polar surface area (TPSA) is 85.9 Å². The lowest BCUT2D eigenvalue weighted by atomic mass is 10.0. The third-order valence-corrected chi connectivity index (χ3v) is 4.41. The molecule has 1 heterocycles. The lowest BCUT2D eigenvalue weighted by molar-refractivity contribution is -0.118. The first-order valence-corrected chi connectivity index (χ1v) is 9.20. The number of anilines is 2. The molecule has 8 heteroatoms. The average Bonchev–Trinajstić information content (AvgIpc) is 2.68. The predicted molar refractivity (Wildman–Crippen MR) is 106 cm³/mol. The van der Waals surface area contributed by atoms with Crippen LogP contribution in [0.5, 0.6) is 11.5 Å². The van der Waals surface area contributed by atoms with Crippen LogP contribution in [0.15, 0.2) is 36.4 Å². The van der Waals surface area contributed by atoms with Gasteiger partial charge in [-0.3, -0.25) is 9.59 Å². The number of hydrogen-bond acceptors (Lipinski definition) is 5. The minimum atomic E-state index is -0.343. The number of para-hydroxylation sites is 1. The first kappa shape index (κ1) is 20.0. The van der Waals surface area contributed by atoms with Gasteiger partial charge in [0.1, 0.15) is 12.4 Å². The summed E-state index contributed by atoms with van der Waals surface area (Å²) >= 11 is 6.16. The number of carbonyl (C=O) groups excluding carboxylic acids is 2. The number of rotatable bonds is 8. The Balaban J connectivity index is 1.59. The van der Waals surface area contributed by atoms with Gasteiger partial charge in [0.15, 0.2) is 12.4 Å². The average molecular weight is 405 g/mol. The van der Waals surface area contributed by atoms with Crippen LogP contribution in [-0.4, -0.2) is 38.7 Å². The van der Waals surface area contributed by atoms with Crippen LogP contribution in [-0.2, 0) is 20.7 Å². The van der Waals surface area contributed by atoms with Crippen molar-refractivity contribution in [3.63, 3.8) is 0 Å². The normalized spacial score (nSPS) is 12.7. The van der Waals surface area contributed by atoms with E-state index in [0.29, 0.717) is 48.3 Å². The molecule has 0 atom stereocenters. The highest BCUT2D eigenvalue weighted by atomic mass is 35.5. The first-order chi connectivity index (χ1) is 13.6. The Kier molecular flexibility index (Phi) is 6.73. The number of methoxy groups -OCH3 is 1. The van der Waals surface area contributed by atoms with Gasteiger partial charge in [0.25, 0.3) is 5.91 Å². The van der Waals surface area contributed by atoms with Crippen molar-refractivity contribution in [2.75, 3.05) is 37.6 Å². The molecular formula is C20H21ClN2O5. The molecule has 0 unspecified atom stereocenters. The number of aryl methyl sites for hydroxylation is 1. The van der Waals surface area contributed by atoms with Crippen molar-refractivity contribution < 1.29 is 23.8 Å². The summed E-state index contributed by atoms with van der Waals surface area (Å²) in [5.41, 5.74) is 2.23. The van der Waals surface area contributed by atoms with Gasteiger partial charge < -0.3 is 24.8 Å². The Morgan fingerprint density at radius 1 is 1.18 bits per heavy atom. The second kappa shape index (κ2) is 9.43. The fourth-order valence-electron chi connectivity index (χ4n) is 2.77. The molecule has 0 aliphatic carbocycles. The lowest BCUT2D eigenvalue weighted by Gasteiger charge is -2.18. The molecule has 3 rings (SSSR count). The van der Waals surface area contributed by atoms with Gasteiger partial charge in [0, 0.05) is 19.2 Å². The third-order valence-electron chi connectivity index (χ3n) is 4.12. The minimum Gasteiger partial charge on any atom is -0.487 e. The molecule has 0 saturated carbocycles. The molecule has 2 amide bonds. The molecule has 1 aliphatic rings. The monoisotopic (exact) mass is 404 g/mol. The number of halogens is 1. The van der Waals surface area contributed by atoms with Crippen molar-refractivity contribution in [2.45, 2.75) is 12.8 Å². The maximum absolute atomic E-state index is 12.3. The molecule has 1 aliphatic heterocycles. The minimum absolute atomic E-state index is 0.00518. The van der Waals surface area contributed by atoms with E-state index in [2.05, 4.69) is 10.6 Å². The molecule has 0 aromatic heterocycles. The van der Waals surface area contributed by atoms with E-state index < -0.39 is 0 Å². The molecule has 0 bridgehead atoms. The molecule has 7 nitrogen and oxygen atoms in total. The van der Waals surface area contributed by atoms with E-state index in [1.54, 1.807) is 37.4 Å². The molecule has 2 aromatic rings. The van der Waals surface area contributed by atoms with Crippen molar-refractivity contribution in [1.29, 1.82) is 0 Å². The zero-order valence-corrected chi connectivity index (χ0v) is 16.2. The number of hydrogen-bond donors (Lipinski definition) is 2. The van der Waals surface area contributed by atoms with Crippen LogP contribution in [0.1, 0.15) is 12.0 Å². The Hall–Kier alpha value is -2.77. The number of fused-ring (bicyclic) bond motifs is 1. The smallest absolute Gasteiger partial charge is 0.262 e. The fourth-order valence-corrected chi connectivity index (χ4v) is 2.99.